The van der Waals surface area contributed by atoms with Crippen molar-refractivity contribution in [3.8, 4) is 0 Å². The lowest BCUT2D eigenvalue weighted by Gasteiger charge is -2.07. The van der Waals surface area contributed by atoms with Crippen molar-refractivity contribution in [3.63, 3.8) is 0 Å². The molecule has 0 unspecified atom stereocenters. The molecular formula is C15H18N2O2. The summed E-state index contributed by atoms with van der Waals surface area (Å²) in [5.41, 5.74) is 6.90. The summed E-state index contributed by atoms with van der Waals surface area (Å²) in [5.74, 6) is 0. The van der Waals surface area contributed by atoms with Crippen LogP contribution in [0.4, 0.5) is 5.69 Å². The lowest BCUT2D eigenvalue weighted by molar-refractivity contribution is 0.115. The lowest BCUT2D eigenvalue weighted by Crippen LogP contribution is -2.11. The molecule has 0 aliphatic carbocycles. The molecule has 0 spiro atoms. The van der Waals surface area contributed by atoms with E-state index in [-0.39, 0.29) is 11.1 Å². The van der Waals surface area contributed by atoms with E-state index in [4.69, 9.17) is 10.5 Å². The molecule has 0 aliphatic rings. The quantitative estimate of drug-likeness (QED) is 0.807. The first kappa shape index (κ1) is 13.4. The summed E-state index contributed by atoms with van der Waals surface area (Å²) in [7, 11) is 0. The smallest absolute Gasteiger partial charge is 0.204 e. The average Bonchev–Trinajstić information content (AvgIpc) is 2.43. The third kappa shape index (κ3) is 4.26. The van der Waals surface area contributed by atoms with E-state index in [1.807, 2.05) is 34.9 Å². The molecule has 0 radical (unpaired) electrons. The maximum Gasteiger partial charge on any atom is 0.204 e. The summed E-state index contributed by atoms with van der Waals surface area (Å²) in [6.07, 6.45) is 4.30. The van der Waals surface area contributed by atoms with Crippen molar-refractivity contribution in [2.45, 2.75) is 19.6 Å². The topological polar surface area (TPSA) is 57.2 Å². The summed E-state index contributed by atoms with van der Waals surface area (Å²) < 4.78 is 7.49. The van der Waals surface area contributed by atoms with Crippen molar-refractivity contribution >= 4 is 5.69 Å². The van der Waals surface area contributed by atoms with Crippen molar-refractivity contribution in [1.29, 1.82) is 0 Å². The van der Waals surface area contributed by atoms with Crippen molar-refractivity contribution in [2.24, 2.45) is 0 Å². The van der Waals surface area contributed by atoms with Crippen LogP contribution in [0.25, 0.3) is 0 Å². The Morgan fingerprint density at radius 1 is 1.16 bits per heavy atom. The van der Waals surface area contributed by atoms with Crippen LogP contribution in [0.15, 0.2) is 53.6 Å². The Kier molecular flexibility index (Phi) is 4.75. The fourth-order valence-electron chi connectivity index (χ4n) is 1.80. The van der Waals surface area contributed by atoms with Gasteiger partial charge in [-0.05, 0) is 12.0 Å². The van der Waals surface area contributed by atoms with Gasteiger partial charge in [0.15, 0.2) is 0 Å². The minimum absolute atomic E-state index is 0.128. The second-order valence-electron chi connectivity index (χ2n) is 4.39. The monoisotopic (exact) mass is 258 g/mol. The van der Waals surface area contributed by atoms with Crippen LogP contribution < -0.4 is 11.2 Å². The van der Waals surface area contributed by atoms with Crippen LogP contribution in [0.2, 0.25) is 0 Å². The van der Waals surface area contributed by atoms with Gasteiger partial charge >= 0.3 is 0 Å². The van der Waals surface area contributed by atoms with Gasteiger partial charge in [-0.3, -0.25) is 4.79 Å². The molecule has 2 rings (SSSR count). The van der Waals surface area contributed by atoms with E-state index in [0.717, 1.165) is 13.0 Å². The third-order valence-corrected chi connectivity index (χ3v) is 2.82. The van der Waals surface area contributed by atoms with Gasteiger partial charge in [0.1, 0.15) is 0 Å². The molecule has 0 fully saturated rings. The Hall–Kier alpha value is -2.07. The molecule has 1 aromatic carbocycles. The highest BCUT2D eigenvalue weighted by Crippen LogP contribution is 2.01. The van der Waals surface area contributed by atoms with Crippen LogP contribution in [0.1, 0.15) is 12.0 Å². The Labute approximate surface area is 112 Å². The fraction of sp³-hybridized carbons (Fsp3) is 0.267. The van der Waals surface area contributed by atoms with Crippen LogP contribution in [0, 0.1) is 0 Å². The molecular weight excluding hydrogens is 240 g/mol. The van der Waals surface area contributed by atoms with Crippen molar-refractivity contribution < 1.29 is 4.74 Å². The number of nitrogens with two attached hydrogens (primary N) is 1. The van der Waals surface area contributed by atoms with Crippen LogP contribution >= 0.6 is 0 Å². The molecule has 0 saturated heterocycles. The number of hydrogen-bond acceptors (Lipinski definition) is 3. The molecule has 1 aromatic heterocycles. The molecule has 0 aliphatic heterocycles. The number of aromatic nitrogens is 1. The Morgan fingerprint density at radius 2 is 1.95 bits per heavy atom. The molecule has 2 aromatic rings. The van der Waals surface area contributed by atoms with E-state index in [2.05, 4.69) is 0 Å². The van der Waals surface area contributed by atoms with Crippen molar-refractivity contribution in [2.75, 3.05) is 12.3 Å². The zero-order chi connectivity index (χ0) is 13.5. The molecule has 100 valence electrons. The van der Waals surface area contributed by atoms with Crippen molar-refractivity contribution in [3.05, 3.63) is 64.6 Å². The van der Waals surface area contributed by atoms with Crippen LogP contribution in [0.5, 0.6) is 0 Å². The number of ether oxygens (including phenoxy) is 1. The van der Waals surface area contributed by atoms with Crippen LogP contribution in [-0.4, -0.2) is 11.2 Å². The predicted molar refractivity (Wildman–Crippen MR) is 75.8 cm³/mol. The third-order valence-electron chi connectivity index (χ3n) is 2.82. The Bertz CT molecular complexity index is 564. The summed E-state index contributed by atoms with van der Waals surface area (Å²) in [4.78, 5) is 11.1. The van der Waals surface area contributed by atoms with Gasteiger partial charge in [0.2, 0.25) is 5.43 Å². The average molecular weight is 258 g/mol. The Balaban J connectivity index is 1.69. The van der Waals surface area contributed by atoms with E-state index >= 15 is 0 Å². The number of hydrogen-bond donors (Lipinski definition) is 1. The minimum Gasteiger partial charge on any atom is -0.394 e. The van der Waals surface area contributed by atoms with Crippen molar-refractivity contribution in [1.82, 2.24) is 4.57 Å². The molecule has 4 nitrogen and oxygen atoms in total. The maximum absolute atomic E-state index is 11.1. The maximum atomic E-state index is 11.1. The van der Waals surface area contributed by atoms with Crippen LogP contribution in [0.3, 0.4) is 0 Å². The van der Waals surface area contributed by atoms with Gasteiger partial charge in [-0.25, -0.2) is 0 Å². The lowest BCUT2D eigenvalue weighted by atomic mass is 10.2. The number of pyridine rings is 1. The first-order valence-corrected chi connectivity index (χ1v) is 6.33. The standard InChI is InChI=1S/C15H18N2O2/c16-14-11-17(9-7-15(14)18)8-4-10-19-12-13-5-2-1-3-6-13/h1-3,5-7,9,11H,4,8,10,12,16H2. The molecule has 0 saturated carbocycles. The second-order valence-corrected chi connectivity index (χ2v) is 4.39. The second kappa shape index (κ2) is 6.75. The summed E-state index contributed by atoms with van der Waals surface area (Å²) in [6, 6.07) is 11.6. The van der Waals surface area contributed by atoms with Crippen LogP contribution in [-0.2, 0) is 17.9 Å². The van der Waals surface area contributed by atoms with Gasteiger partial charge in [0, 0.05) is 31.6 Å². The number of nitrogen functional groups attached to an aromatic ring is 1. The predicted octanol–water partition coefficient (Wildman–Crippen LogP) is 2.04. The van der Waals surface area contributed by atoms with Gasteiger partial charge in [-0.2, -0.15) is 0 Å². The molecule has 0 bridgehead atoms. The highest BCUT2D eigenvalue weighted by molar-refractivity contribution is 5.33. The van der Waals surface area contributed by atoms with Gasteiger partial charge in [0.05, 0.1) is 12.3 Å². The van der Waals surface area contributed by atoms with E-state index < -0.39 is 0 Å². The summed E-state index contributed by atoms with van der Waals surface area (Å²) >= 11 is 0. The van der Waals surface area contributed by atoms with E-state index in [1.165, 1.54) is 11.6 Å². The first-order valence-electron chi connectivity index (χ1n) is 6.33. The molecule has 0 amide bonds. The van der Waals surface area contributed by atoms with Gasteiger partial charge in [-0.1, -0.05) is 30.3 Å². The fourth-order valence-corrected chi connectivity index (χ4v) is 1.80. The number of nitrogens with zero attached hydrogens (tertiary/aromatic N) is 1. The van der Waals surface area contributed by atoms with Gasteiger partial charge < -0.3 is 15.0 Å². The van der Waals surface area contributed by atoms with Gasteiger partial charge in [-0.15, -0.1) is 0 Å². The van der Waals surface area contributed by atoms with E-state index in [1.54, 1.807) is 12.4 Å². The van der Waals surface area contributed by atoms with Gasteiger partial charge in [0.25, 0.3) is 0 Å². The zero-order valence-corrected chi connectivity index (χ0v) is 10.8. The highest BCUT2D eigenvalue weighted by atomic mass is 16.5. The first-order chi connectivity index (χ1) is 9.25. The molecule has 2 N–H and O–H groups in total. The molecule has 0 atom stereocenters. The van der Waals surface area contributed by atoms with E-state index in [9.17, 15) is 4.79 Å². The normalized spacial score (nSPS) is 10.5. The number of benzene rings is 1. The summed E-state index contributed by atoms with van der Waals surface area (Å²) in [6.45, 7) is 2.10. The largest absolute Gasteiger partial charge is 0.394 e. The zero-order valence-electron chi connectivity index (χ0n) is 10.8. The van der Waals surface area contributed by atoms with E-state index in [0.29, 0.717) is 13.2 Å². The molecule has 19 heavy (non-hydrogen) atoms. The Morgan fingerprint density at radius 3 is 2.68 bits per heavy atom. The number of rotatable bonds is 6. The molecule has 4 heteroatoms. The SMILES string of the molecule is Nc1cn(CCCOCc2ccccc2)ccc1=O. The minimum atomic E-state index is -0.128. The number of anilines is 1. The number of aryl methyl sites for hydroxylation is 1. The summed E-state index contributed by atoms with van der Waals surface area (Å²) in [5, 5.41) is 0. The molecule has 1 heterocycles. The highest BCUT2D eigenvalue weighted by Gasteiger charge is 1.96.